The second kappa shape index (κ2) is 11.6. The molecule has 0 fully saturated rings. The highest BCUT2D eigenvalue weighted by atomic mass is 79.9. The summed E-state index contributed by atoms with van der Waals surface area (Å²) in [6.07, 6.45) is 10.3. The number of halogens is 1. The van der Waals surface area contributed by atoms with Gasteiger partial charge in [0, 0.05) is 61.2 Å². The van der Waals surface area contributed by atoms with Gasteiger partial charge in [-0.15, -0.1) is 0 Å². The van der Waals surface area contributed by atoms with Crippen molar-refractivity contribution in [1.82, 2.24) is 9.13 Å². The molecule has 0 amide bonds. The number of rotatable bonds is 12. The van der Waals surface area contributed by atoms with Gasteiger partial charge < -0.3 is 9.13 Å². The summed E-state index contributed by atoms with van der Waals surface area (Å²) in [7, 11) is 0. The first-order chi connectivity index (χ1) is 18.1. The van der Waals surface area contributed by atoms with Crippen LogP contribution in [0.5, 0.6) is 0 Å². The molecule has 0 aliphatic rings. The molecule has 2 nitrogen and oxygen atoms in total. The molecule has 196 valence electrons. The van der Waals surface area contributed by atoms with Gasteiger partial charge in [-0.25, -0.2) is 0 Å². The van der Waals surface area contributed by atoms with E-state index in [2.05, 4.69) is 107 Å². The molecule has 0 saturated carbocycles. The third-order valence-electron chi connectivity index (χ3n) is 8.69. The second-order valence-electron chi connectivity index (χ2n) is 11.1. The molecule has 2 aromatic heterocycles. The zero-order valence-electron chi connectivity index (χ0n) is 23.2. The zero-order valence-corrected chi connectivity index (χ0v) is 24.8. The van der Waals surface area contributed by atoms with Gasteiger partial charge in [0.25, 0.3) is 0 Å². The van der Waals surface area contributed by atoms with Crippen LogP contribution in [0.25, 0.3) is 43.6 Å². The molecule has 5 aromatic rings. The number of hydrogen-bond donors (Lipinski definition) is 0. The van der Waals surface area contributed by atoms with Gasteiger partial charge in [-0.05, 0) is 61.1 Å². The largest absolute Gasteiger partial charge is 0.340 e. The van der Waals surface area contributed by atoms with E-state index in [4.69, 9.17) is 0 Å². The van der Waals surface area contributed by atoms with E-state index in [1.165, 1.54) is 95.0 Å². The van der Waals surface area contributed by atoms with E-state index in [1.54, 1.807) is 0 Å². The van der Waals surface area contributed by atoms with E-state index in [1.807, 2.05) is 0 Å². The summed E-state index contributed by atoms with van der Waals surface area (Å²) in [6.45, 7) is 11.5. The summed E-state index contributed by atoms with van der Waals surface area (Å²) in [5.74, 6) is 1.43. The fraction of sp³-hybridized carbons (Fsp3) is 0.471. The van der Waals surface area contributed by atoms with Gasteiger partial charge in [0.15, 0.2) is 0 Å². The molecule has 0 N–H and O–H groups in total. The molecule has 2 unspecified atom stereocenters. The molecule has 0 aliphatic carbocycles. The molecule has 37 heavy (non-hydrogen) atoms. The van der Waals surface area contributed by atoms with Crippen LogP contribution in [-0.4, -0.2) is 9.13 Å². The molecule has 0 spiro atoms. The minimum absolute atomic E-state index is 0.711. The lowest BCUT2D eigenvalue weighted by Crippen LogP contribution is -2.10. The van der Waals surface area contributed by atoms with Crippen molar-refractivity contribution in [1.29, 1.82) is 0 Å². The average molecular weight is 560 g/mol. The quantitative estimate of drug-likeness (QED) is 0.144. The van der Waals surface area contributed by atoms with E-state index in [0.717, 1.165) is 17.6 Å². The molecule has 0 radical (unpaired) electrons. The molecule has 5 rings (SSSR count). The van der Waals surface area contributed by atoms with Crippen molar-refractivity contribution in [2.45, 2.75) is 92.2 Å². The Hall–Kier alpha value is -2.26. The van der Waals surface area contributed by atoms with Crippen LogP contribution in [-0.2, 0) is 13.1 Å². The van der Waals surface area contributed by atoms with Crippen LogP contribution < -0.4 is 0 Å². The fourth-order valence-electron chi connectivity index (χ4n) is 6.35. The molecular formula is C34H43BrN2. The number of benzene rings is 3. The summed E-state index contributed by atoms with van der Waals surface area (Å²) in [6, 6.07) is 20.9. The number of para-hydroxylation sites is 1. The Labute approximate surface area is 231 Å². The molecule has 0 bridgehead atoms. The smallest absolute Gasteiger partial charge is 0.0499 e. The van der Waals surface area contributed by atoms with Crippen LogP contribution in [0.15, 0.2) is 59.1 Å². The summed E-state index contributed by atoms with van der Waals surface area (Å²) in [5.41, 5.74) is 5.52. The third kappa shape index (κ3) is 5.09. The van der Waals surface area contributed by atoms with Crippen LogP contribution in [0, 0.1) is 11.8 Å². The third-order valence-corrected chi connectivity index (χ3v) is 9.18. The van der Waals surface area contributed by atoms with Gasteiger partial charge in [0.05, 0.1) is 0 Å². The molecule has 0 aliphatic heterocycles. The summed E-state index contributed by atoms with van der Waals surface area (Å²) < 4.78 is 6.41. The summed E-state index contributed by atoms with van der Waals surface area (Å²) in [5, 5.41) is 5.55. The van der Waals surface area contributed by atoms with Crippen molar-refractivity contribution in [3.05, 3.63) is 59.1 Å². The van der Waals surface area contributed by atoms with Crippen LogP contribution >= 0.6 is 15.9 Å². The van der Waals surface area contributed by atoms with Crippen molar-refractivity contribution in [2.24, 2.45) is 11.8 Å². The number of nitrogens with zero attached hydrogens (tertiary/aromatic N) is 2. The van der Waals surface area contributed by atoms with Gasteiger partial charge in [-0.2, -0.15) is 0 Å². The minimum Gasteiger partial charge on any atom is -0.340 e. The normalized spacial score (nSPS) is 13.9. The number of unbranched alkanes of at least 4 members (excludes halogenated alkanes) is 2. The number of fused-ring (bicyclic) bond motifs is 6. The van der Waals surface area contributed by atoms with Crippen LogP contribution in [0.3, 0.4) is 0 Å². The monoisotopic (exact) mass is 558 g/mol. The van der Waals surface area contributed by atoms with Crippen LogP contribution in [0.1, 0.15) is 79.1 Å². The number of aromatic nitrogens is 2. The van der Waals surface area contributed by atoms with Gasteiger partial charge in [-0.3, -0.25) is 0 Å². The molecular weight excluding hydrogens is 516 g/mol. The predicted octanol–water partition coefficient (Wildman–Crippen LogP) is 11.1. The summed E-state index contributed by atoms with van der Waals surface area (Å²) >= 11 is 3.77. The first-order valence-corrected chi connectivity index (χ1v) is 15.5. The SMILES string of the molecule is CCCCC(CC)Cn1c2ccccc2c2cc3c(cc21)c1cc(Br)ccc1n3CC(CC)CCCC. The van der Waals surface area contributed by atoms with E-state index in [-0.39, 0.29) is 0 Å². The Morgan fingerprint density at radius 2 is 1.11 bits per heavy atom. The van der Waals surface area contributed by atoms with Crippen molar-refractivity contribution in [3.63, 3.8) is 0 Å². The standard InChI is InChI=1S/C34H43BrN2/c1-5-9-13-24(7-3)22-36-31-16-12-11-15-27(31)29-20-34-30(21-33(29)36)28-19-26(35)17-18-32(28)37(34)23-25(8-4)14-10-6-2/h11-12,15-21,24-25H,5-10,13-14,22-23H2,1-4H3. The van der Waals surface area contributed by atoms with Crippen LogP contribution in [0.2, 0.25) is 0 Å². The van der Waals surface area contributed by atoms with Crippen molar-refractivity contribution < 1.29 is 0 Å². The predicted molar refractivity (Wildman–Crippen MR) is 167 cm³/mol. The Morgan fingerprint density at radius 1 is 0.595 bits per heavy atom. The second-order valence-corrected chi connectivity index (χ2v) is 12.0. The molecule has 2 heterocycles. The Kier molecular flexibility index (Phi) is 8.29. The highest BCUT2D eigenvalue weighted by Gasteiger charge is 2.20. The maximum Gasteiger partial charge on any atom is 0.0499 e. The Balaban J connectivity index is 1.74. The lowest BCUT2D eigenvalue weighted by molar-refractivity contribution is 0.400. The summed E-state index contributed by atoms with van der Waals surface area (Å²) in [4.78, 5) is 0. The van der Waals surface area contributed by atoms with E-state index < -0.39 is 0 Å². The number of hydrogen-bond acceptors (Lipinski definition) is 0. The lowest BCUT2D eigenvalue weighted by atomic mass is 9.99. The van der Waals surface area contributed by atoms with E-state index >= 15 is 0 Å². The maximum absolute atomic E-state index is 3.77. The Bertz CT molecular complexity index is 1500. The van der Waals surface area contributed by atoms with E-state index in [0.29, 0.717) is 11.8 Å². The van der Waals surface area contributed by atoms with Crippen LogP contribution in [0.4, 0.5) is 0 Å². The molecule has 3 heteroatoms. The molecule has 0 saturated heterocycles. The molecule has 2 atom stereocenters. The average Bonchev–Trinajstić information content (AvgIpc) is 3.39. The first-order valence-electron chi connectivity index (χ1n) is 14.7. The van der Waals surface area contributed by atoms with Gasteiger partial charge >= 0.3 is 0 Å². The zero-order chi connectivity index (χ0) is 25.9. The van der Waals surface area contributed by atoms with Gasteiger partial charge in [0.2, 0.25) is 0 Å². The highest BCUT2D eigenvalue weighted by Crippen LogP contribution is 2.39. The van der Waals surface area contributed by atoms with Crippen molar-refractivity contribution >= 4 is 59.5 Å². The van der Waals surface area contributed by atoms with Gasteiger partial charge in [-0.1, -0.05) is 100 Å². The first kappa shape index (κ1) is 26.4. The maximum atomic E-state index is 3.77. The van der Waals surface area contributed by atoms with Crippen molar-refractivity contribution in [2.75, 3.05) is 0 Å². The topological polar surface area (TPSA) is 9.86 Å². The highest BCUT2D eigenvalue weighted by molar-refractivity contribution is 9.10. The lowest BCUT2D eigenvalue weighted by Gasteiger charge is -2.18. The van der Waals surface area contributed by atoms with E-state index in [9.17, 15) is 0 Å². The van der Waals surface area contributed by atoms with Gasteiger partial charge in [0.1, 0.15) is 0 Å². The Morgan fingerprint density at radius 3 is 1.68 bits per heavy atom. The molecule has 3 aromatic carbocycles. The fourth-order valence-corrected chi connectivity index (χ4v) is 6.72. The minimum atomic E-state index is 0.711. The van der Waals surface area contributed by atoms with Crippen molar-refractivity contribution in [3.8, 4) is 0 Å².